The minimum absolute atomic E-state index is 0.0991. The number of aryl methyl sites for hydroxylation is 2. The van der Waals surface area contributed by atoms with Gasteiger partial charge in [0.2, 0.25) is 5.95 Å². The van der Waals surface area contributed by atoms with Gasteiger partial charge in [-0.15, -0.1) is 0 Å². The fourth-order valence-electron chi connectivity index (χ4n) is 3.69. The number of hydrogen-bond acceptors (Lipinski definition) is 8. The van der Waals surface area contributed by atoms with Gasteiger partial charge in [-0.25, -0.2) is 9.97 Å². The average molecular weight is 430 g/mol. The molecule has 0 radical (unpaired) electrons. The lowest BCUT2D eigenvalue weighted by atomic mass is 10.1. The molecule has 5 rings (SSSR count). The molecule has 5 heterocycles. The molecule has 0 spiro atoms. The standard InChI is InChI=1S/C23H22N6O3/c1-15-5-6-17(13-24-15)21-18(20-12-16(2)27-32-20)14-25-23(26-21)29-9-7-28(8-10-29)22(30)19-4-3-11-31-19/h3-6,11-14H,7-10H2,1-2H3. The number of rotatable bonds is 4. The summed E-state index contributed by atoms with van der Waals surface area (Å²) in [6.07, 6.45) is 5.07. The summed E-state index contributed by atoms with van der Waals surface area (Å²) in [4.78, 5) is 30.3. The highest BCUT2D eigenvalue weighted by atomic mass is 16.5. The van der Waals surface area contributed by atoms with Crippen molar-refractivity contribution in [2.24, 2.45) is 0 Å². The van der Waals surface area contributed by atoms with Crippen LogP contribution in [0.3, 0.4) is 0 Å². The summed E-state index contributed by atoms with van der Waals surface area (Å²) in [6, 6.07) is 9.20. The number of amides is 1. The second-order valence-electron chi connectivity index (χ2n) is 7.71. The third-order valence-corrected chi connectivity index (χ3v) is 5.44. The van der Waals surface area contributed by atoms with Crippen LogP contribution < -0.4 is 4.90 Å². The molecule has 0 aromatic carbocycles. The third kappa shape index (κ3) is 3.84. The van der Waals surface area contributed by atoms with E-state index in [-0.39, 0.29) is 5.91 Å². The quantitative estimate of drug-likeness (QED) is 0.486. The van der Waals surface area contributed by atoms with Gasteiger partial charge in [0, 0.05) is 55.9 Å². The van der Waals surface area contributed by atoms with E-state index >= 15 is 0 Å². The molecule has 1 saturated heterocycles. The van der Waals surface area contributed by atoms with E-state index in [2.05, 4.69) is 20.0 Å². The molecule has 0 atom stereocenters. The molecule has 0 bridgehead atoms. The molecule has 9 nitrogen and oxygen atoms in total. The van der Waals surface area contributed by atoms with Crippen molar-refractivity contribution in [3.05, 3.63) is 66.1 Å². The average Bonchev–Trinajstić information content (AvgIpc) is 3.51. The number of nitrogens with zero attached hydrogens (tertiary/aromatic N) is 6. The summed E-state index contributed by atoms with van der Waals surface area (Å²) >= 11 is 0. The number of carbonyl (C=O) groups excluding carboxylic acids is 1. The third-order valence-electron chi connectivity index (χ3n) is 5.44. The highest BCUT2D eigenvalue weighted by Crippen LogP contribution is 2.32. The maximum Gasteiger partial charge on any atom is 0.289 e. The molecule has 162 valence electrons. The molecule has 4 aromatic heterocycles. The molecule has 1 aliphatic heterocycles. The Hall–Kier alpha value is -4.01. The van der Waals surface area contributed by atoms with Gasteiger partial charge in [-0.1, -0.05) is 5.16 Å². The van der Waals surface area contributed by atoms with Crippen molar-refractivity contribution in [1.29, 1.82) is 0 Å². The van der Waals surface area contributed by atoms with Crippen LogP contribution in [0.15, 0.2) is 57.9 Å². The fraction of sp³-hybridized carbons (Fsp3) is 0.261. The van der Waals surface area contributed by atoms with Crippen LogP contribution in [0, 0.1) is 13.8 Å². The van der Waals surface area contributed by atoms with Crippen molar-refractivity contribution in [3.63, 3.8) is 0 Å². The largest absolute Gasteiger partial charge is 0.459 e. The van der Waals surface area contributed by atoms with Crippen LogP contribution in [0.4, 0.5) is 5.95 Å². The second kappa shape index (κ2) is 8.26. The van der Waals surface area contributed by atoms with Crippen molar-refractivity contribution < 1.29 is 13.7 Å². The van der Waals surface area contributed by atoms with Crippen molar-refractivity contribution in [2.45, 2.75) is 13.8 Å². The molecule has 0 saturated carbocycles. The van der Waals surface area contributed by atoms with Gasteiger partial charge in [0.15, 0.2) is 11.5 Å². The zero-order valence-electron chi connectivity index (χ0n) is 17.9. The molecular formula is C23H22N6O3. The minimum atomic E-state index is -0.0991. The first-order chi connectivity index (χ1) is 15.6. The number of pyridine rings is 1. The van der Waals surface area contributed by atoms with Crippen LogP contribution in [-0.2, 0) is 0 Å². The maximum absolute atomic E-state index is 12.5. The number of furan rings is 1. The Balaban J connectivity index is 1.42. The van der Waals surface area contributed by atoms with E-state index < -0.39 is 0 Å². The lowest BCUT2D eigenvalue weighted by Crippen LogP contribution is -2.49. The topological polar surface area (TPSA) is 101 Å². The Morgan fingerprint density at radius 1 is 1.00 bits per heavy atom. The SMILES string of the molecule is Cc1ccc(-c2nc(N3CCN(C(=O)c4ccco4)CC3)ncc2-c2cc(C)no2)cn1. The van der Waals surface area contributed by atoms with Gasteiger partial charge in [0.05, 0.1) is 23.2 Å². The van der Waals surface area contributed by atoms with E-state index in [1.807, 2.05) is 32.0 Å². The smallest absolute Gasteiger partial charge is 0.289 e. The highest BCUT2D eigenvalue weighted by Gasteiger charge is 2.26. The predicted octanol–water partition coefficient (Wildman–Crippen LogP) is 3.37. The van der Waals surface area contributed by atoms with Gasteiger partial charge in [0.1, 0.15) is 0 Å². The fourth-order valence-corrected chi connectivity index (χ4v) is 3.69. The van der Waals surface area contributed by atoms with Gasteiger partial charge in [-0.2, -0.15) is 0 Å². The van der Waals surface area contributed by atoms with Crippen molar-refractivity contribution in [1.82, 2.24) is 25.0 Å². The first-order valence-corrected chi connectivity index (χ1v) is 10.4. The molecule has 4 aromatic rings. The summed E-state index contributed by atoms with van der Waals surface area (Å²) in [5.74, 6) is 1.47. The Morgan fingerprint density at radius 2 is 1.84 bits per heavy atom. The number of anilines is 1. The van der Waals surface area contributed by atoms with Crippen molar-refractivity contribution >= 4 is 11.9 Å². The van der Waals surface area contributed by atoms with E-state index in [0.717, 1.165) is 28.2 Å². The van der Waals surface area contributed by atoms with E-state index in [1.54, 1.807) is 29.4 Å². The number of hydrogen-bond donors (Lipinski definition) is 0. The summed E-state index contributed by atoms with van der Waals surface area (Å²) in [5.41, 5.74) is 4.07. The zero-order chi connectivity index (χ0) is 22.1. The van der Waals surface area contributed by atoms with E-state index in [4.69, 9.17) is 13.9 Å². The lowest BCUT2D eigenvalue weighted by Gasteiger charge is -2.34. The predicted molar refractivity (Wildman–Crippen MR) is 117 cm³/mol. The van der Waals surface area contributed by atoms with Crippen LogP contribution in [0.5, 0.6) is 0 Å². The molecule has 1 amide bonds. The molecule has 0 aliphatic carbocycles. The summed E-state index contributed by atoms with van der Waals surface area (Å²) in [5, 5.41) is 4.00. The van der Waals surface area contributed by atoms with Gasteiger partial charge < -0.3 is 18.7 Å². The highest BCUT2D eigenvalue weighted by molar-refractivity contribution is 5.91. The number of carbonyl (C=O) groups is 1. The van der Waals surface area contributed by atoms with Crippen LogP contribution in [0.1, 0.15) is 21.9 Å². The van der Waals surface area contributed by atoms with Crippen LogP contribution >= 0.6 is 0 Å². The van der Waals surface area contributed by atoms with Gasteiger partial charge >= 0.3 is 0 Å². The normalized spacial score (nSPS) is 14.1. The molecule has 1 fully saturated rings. The molecule has 0 unspecified atom stereocenters. The monoisotopic (exact) mass is 430 g/mol. The maximum atomic E-state index is 12.5. The Kier molecular flexibility index (Phi) is 5.14. The van der Waals surface area contributed by atoms with Gasteiger partial charge in [-0.05, 0) is 38.1 Å². The van der Waals surface area contributed by atoms with Crippen molar-refractivity contribution in [3.8, 4) is 22.6 Å². The summed E-state index contributed by atoms with van der Waals surface area (Å²) < 4.78 is 10.7. The van der Waals surface area contributed by atoms with Crippen LogP contribution in [0.25, 0.3) is 22.6 Å². The zero-order valence-corrected chi connectivity index (χ0v) is 17.9. The van der Waals surface area contributed by atoms with E-state index in [1.165, 1.54) is 6.26 Å². The summed E-state index contributed by atoms with van der Waals surface area (Å²) in [7, 11) is 0. The molecule has 0 N–H and O–H groups in total. The van der Waals surface area contributed by atoms with Crippen LogP contribution in [0.2, 0.25) is 0 Å². The molecular weight excluding hydrogens is 408 g/mol. The Morgan fingerprint density at radius 3 is 2.50 bits per heavy atom. The number of aromatic nitrogens is 4. The second-order valence-corrected chi connectivity index (χ2v) is 7.71. The van der Waals surface area contributed by atoms with Gasteiger partial charge in [-0.3, -0.25) is 9.78 Å². The Bertz CT molecular complexity index is 1230. The summed E-state index contributed by atoms with van der Waals surface area (Å²) in [6.45, 7) is 6.19. The number of piperazine rings is 1. The van der Waals surface area contributed by atoms with Crippen molar-refractivity contribution in [2.75, 3.05) is 31.1 Å². The van der Waals surface area contributed by atoms with E-state index in [0.29, 0.717) is 43.6 Å². The molecule has 1 aliphatic rings. The minimum Gasteiger partial charge on any atom is -0.459 e. The lowest BCUT2D eigenvalue weighted by molar-refractivity contribution is 0.0714. The Labute approximate surface area is 184 Å². The first kappa shape index (κ1) is 19.9. The van der Waals surface area contributed by atoms with Gasteiger partial charge in [0.25, 0.3) is 5.91 Å². The first-order valence-electron chi connectivity index (χ1n) is 10.4. The molecule has 32 heavy (non-hydrogen) atoms. The van der Waals surface area contributed by atoms with Crippen LogP contribution in [-0.4, -0.2) is 57.1 Å². The van der Waals surface area contributed by atoms with E-state index in [9.17, 15) is 4.79 Å². The molecule has 9 heteroatoms.